The first-order valence-electron chi connectivity index (χ1n) is 5.57. The van der Waals surface area contributed by atoms with E-state index in [1.165, 1.54) is 0 Å². The molecule has 0 amide bonds. The third-order valence-corrected chi connectivity index (χ3v) is 2.50. The van der Waals surface area contributed by atoms with Crippen molar-refractivity contribution in [1.29, 1.82) is 0 Å². The summed E-state index contributed by atoms with van der Waals surface area (Å²) < 4.78 is 15.5. The van der Waals surface area contributed by atoms with E-state index in [0.29, 0.717) is 31.8 Å². The molecule has 0 aliphatic carbocycles. The molecule has 1 saturated heterocycles. The van der Waals surface area contributed by atoms with Gasteiger partial charge in [0.15, 0.2) is 0 Å². The maximum absolute atomic E-state index is 11.1. The van der Waals surface area contributed by atoms with Gasteiger partial charge in [0.2, 0.25) is 0 Å². The van der Waals surface area contributed by atoms with Crippen LogP contribution in [0.15, 0.2) is 0 Å². The summed E-state index contributed by atoms with van der Waals surface area (Å²) in [5.74, 6) is 0.0715. The zero-order valence-electron chi connectivity index (χ0n) is 9.53. The second-order valence-corrected chi connectivity index (χ2v) is 3.91. The van der Waals surface area contributed by atoms with Crippen LogP contribution in [0, 0.1) is 5.92 Å². The van der Waals surface area contributed by atoms with Gasteiger partial charge in [0.05, 0.1) is 19.3 Å². The van der Waals surface area contributed by atoms with Crippen molar-refractivity contribution in [3.8, 4) is 0 Å². The Hall–Kier alpha value is -0.610. The molecule has 0 bridgehead atoms. The minimum Gasteiger partial charge on any atom is -0.464 e. The van der Waals surface area contributed by atoms with Gasteiger partial charge in [-0.05, 0) is 26.7 Å². The highest BCUT2D eigenvalue weighted by molar-refractivity contribution is 5.70. The van der Waals surface area contributed by atoms with Gasteiger partial charge in [-0.15, -0.1) is 0 Å². The van der Waals surface area contributed by atoms with Crippen LogP contribution in [0.1, 0.15) is 26.7 Å². The zero-order chi connectivity index (χ0) is 11.1. The largest absolute Gasteiger partial charge is 0.464 e. The van der Waals surface area contributed by atoms with Crippen molar-refractivity contribution in [3.63, 3.8) is 0 Å². The van der Waals surface area contributed by atoms with Crippen molar-refractivity contribution in [1.82, 2.24) is 0 Å². The van der Waals surface area contributed by atoms with Gasteiger partial charge in [-0.25, -0.2) is 4.79 Å². The fourth-order valence-corrected chi connectivity index (χ4v) is 1.51. The number of carbonyl (C=O) groups excluding carboxylic acids is 1. The van der Waals surface area contributed by atoms with Crippen LogP contribution in [-0.2, 0) is 19.0 Å². The first-order chi connectivity index (χ1) is 7.22. The SMILES string of the molecule is CCOCC(=O)OCC1CCC(C)OC1. The maximum Gasteiger partial charge on any atom is 0.332 e. The number of rotatable bonds is 5. The van der Waals surface area contributed by atoms with Gasteiger partial charge in [0.1, 0.15) is 6.61 Å². The molecule has 15 heavy (non-hydrogen) atoms. The summed E-state index contributed by atoms with van der Waals surface area (Å²) in [6, 6.07) is 0. The molecule has 88 valence electrons. The van der Waals surface area contributed by atoms with Crippen LogP contribution in [0.2, 0.25) is 0 Å². The highest BCUT2D eigenvalue weighted by atomic mass is 16.6. The Balaban J connectivity index is 2.06. The Morgan fingerprint density at radius 2 is 2.27 bits per heavy atom. The molecule has 1 rings (SSSR count). The lowest BCUT2D eigenvalue weighted by atomic mass is 10.0. The van der Waals surface area contributed by atoms with Crippen LogP contribution in [-0.4, -0.2) is 38.5 Å². The normalized spacial score (nSPS) is 26.3. The molecule has 4 heteroatoms. The van der Waals surface area contributed by atoms with Crippen LogP contribution < -0.4 is 0 Å². The fourth-order valence-electron chi connectivity index (χ4n) is 1.51. The van der Waals surface area contributed by atoms with Gasteiger partial charge in [0, 0.05) is 12.5 Å². The summed E-state index contributed by atoms with van der Waals surface area (Å²) in [6.45, 7) is 5.67. The van der Waals surface area contributed by atoms with Crippen molar-refractivity contribution < 1.29 is 19.0 Å². The minimum absolute atomic E-state index is 0.0560. The molecule has 1 fully saturated rings. The van der Waals surface area contributed by atoms with Gasteiger partial charge in [-0.1, -0.05) is 0 Å². The first kappa shape index (κ1) is 12.5. The minimum atomic E-state index is -0.282. The van der Waals surface area contributed by atoms with E-state index in [0.717, 1.165) is 12.8 Å². The summed E-state index contributed by atoms with van der Waals surface area (Å²) in [4.78, 5) is 11.1. The van der Waals surface area contributed by atoms with E-state index in [1.807, 2.05) is 6.92 Å². The van der Waals surface area contributed by atoms with E-state index in [2.05, 4.69) is 6.92 Å². The third-order valence-electron chi connectivity index (χ3n) is 2.50. The van der Waals surface area contributed by atoms with Crippen molar-refractivity contribution >= 4 is 5.97 Å². The number of hydrogen-bond acceptors (Lipinski definition) is 4. The summed E-state index contributed by atoms with van der Waals surface area (Å²) >= 11 is 0. The van der Waals surface area contributed by atoms with Crippen LogP contribution in [0.25, 0.3) is 0 Å². The summed E-state index contributed by atoms with van der Waals surface area (Å²) in [6.07, 6.45) is 2.47. The van der Waals surface area contributed by atoms with Crippen LogP contribution in [0.4, 0.5) is 0 Å². The highest BCUT2D eigenvalue weighted by Crippen LogP contribution is 2.18. The van der Waals surface area contributed by atoms with Crippen molar-refractivity contribution in [2.75, 3.05) is 26.4 Å². The lowest BCUT2D eigenvalue weighted by molar-refractivity contribution is -0.152. The second-order valence-electron chi connectivity index (χ2n) is 3.91. The molecule has 0 radical (unpaired) electrons. The zero-order valence-corrected chi connectivity index (χ0v) is 9.53. The lowest BCUT2D eigenvalue weighted by Crippen LogP contribution is -2.28. The average Bonchev–Trinajstić information content (AvgIpc) is 2.25. The summed E-state index contributed by atoms with van der Waals surface area (Å²) in [7, 11) is 0. The predicted molar refractivity (Wildman–Crippen MR) is 55.6 cm³/mol. The molecule has 0 N–H and O–H groups in total. The first-order valence-corrected chi connectivity index (χ1v) is 5.57. The highest BCUT2D eigenvalue weighted by Gasteiger charge is 2.19. The Kier molecular flexibility index (Phi) is 5.65. The topological polar surface area (TPSA) is 44.8 Å². The van der Waals surface area contributed by atoms with Gasteiger partial charge >= 0.3 is 5.97 Å². The maximum atomic E-state index is 11.1. The van der Waals surface area contributed by atoms with Crippen LogP contribution >= 0.6 is 0 Å². The van der Waals surface area contributed by atoms with E-state index in [9.17, 15) is 4.79 Å². The molecular formula is C11H20O4. The molecule has 1 aliphatic rings. The Morgan fingerprint density at radius 3 is 2.87 bits per heavy atom. The smallest absolute Gasteiger partial charge is 0.332 e. The molecular weight excluding hydrogens is 196 g/mol. The Labute approximate surface area is 90.9 Å². The molecule has 4 nitrogen and oxygen atoms in total. The third kappa shape index (κ3) is 5.14. The van der Waals surface area contributed by atoms with Gasteiger partial charge < -0.3 is 14.2 Å². The number of ether oxygens (including phenoxy) is 3. The van der Waals surface area contributed by atoms with E-state index >= 15 is 0 Å². The fraction of sp³-hybridized carbons (Fsp3) is 0.909. The number of hydrogen-bond donors (Lipinski definition) is 0. The molecule has 0 aromatic carbocycles. The van der Waals surface area contributed by atoms with Gasteiger partial charge in [-0.2, -0.15) is 0 Å². The average molecular weight is 216 g/mol. The standard InChI is InChI=1S/C11H20O4/c1-3-13-8-11(12)15-7-10-5-4-9(2)14-6-10/h9-10H,3-8H2,1-2H3. The molecule has 0 aromatic rings. The van der Waals surface area contributed by atoms with Crippen molar-refractivity contribution in [3.05, 3.63) is 0 Å². The molecule has 1 aliphatic heterocycles. The quantitative estimate of drug-likeness (QED) is 0.651. The van der Waals surface area contributed by atoms with E-state index < -0.39 is 0 Å². The Bertz CT molecular complexity index is 185. The summed E-state index contributed by atoms with van der Waals surface area (Å²) in [5, 5.41) is 0. The van der Waals surface area contributed by atoms with Crippen LogP contribution in [0.5, 0.6) is 0 Å². The van der Waals surface area contributed by atoms with Crippen molar-refractivity contribution in [2.24, 2.45) is 5.92 Å². The second kappa shape index (κ2) is 6.80. The van der Waals surface area contributed by atoms with E-state index in [4.69, 9.17) is 14.2 Å². The van der Waals surface area contributed by atoms with Gasteiger partial charge in [0.25, 0.3) is 0 Å². The molecule has 0 spiro atoms. The van der Waals surface area contributed by atoms with Gasteiger partial charge in [-0.3, -0.25) is 0 Å². The van der Waals surface area contributed by atoms with E-state index in [-0.39, 0.29) is 12.6 Å². The molecule has 2 atom stereocenters. The lowest BCUT2D eigenvalue weighted by Gasteiger charge is -2.26. The summed E-state index contributed by atoms with van der Waals surface area (Å²) in [5.41, 5.74) is 0. The number of carbonyl (C=O) groups is 1. The van der Waals surface area contributed by atoms with Crippen molar-refractivity contribution in [2.45, 2.75) is 32.8 Å². The molecule has 0 aromatic heterocycles. The predicted octanol–water partition coefficient (Wildman–Crippen LogP) is 1.38. The van der Waals surface area contributed by atoms with E-state index in [1.54, 1.807) is 0 Å². The number of esters is 1. The van der Waals surface area contributed by atoms with Crippen LogP contribution in [0.3, 0.4) is 0 Å². The monoisotopic (exact) mass is 216 g/mol. The Morgan fingerprint density at radius 1 is 1.47 bits per heavy atom. The molecule has 2 unspecified atom stereocenters. The molecule has 1 heterocycles. The molecule has 0 saturated carbocycles.